The Morgan fingerprint density at radius 3 is 2.35 bits per heavy atom. The van der Waals surface area contributed by atoms with Crippen molar-refractivity contribution >= 4 is 21.6 Å². The molecule has 1 aliphatic carbocycles. The average molecular weight is 481 g/mol. The van der Waals surface area contributed by atoms with Crippen molar-refractivity contribution in [3.8, 4) is 11.5 Å². The number of ether oxygens (including phenoxy) is 2. The summed E-state index contributed by atoms with van der Waals surface area (Å²) in [5.41, 5.74) is 2.87. The monoisotopic (exact) mass is 480 g/mol. The van der Waals surface area contributed by atoms with Crippen LogP contribution in [0.5, 0.6) is 11.5 Å². The molecule has 0 bridgehead atoms. The first-order valence-corrected chi connectivity index (χ1v) is 12.8. The van der Waals surface area contributed by atoms with Gasteiger partial charge in [-0.15, -0.1) is 0 Å². The quantitative estimate of drug-likeness (QED) is 0.472. The van der Waals surface area contributed by atoms with Crippen molar-refractivity contribution in [1.82, 2.24) is 5.32 Å². The Morgan fingerprint density at radius 1 is 0.941 bits per heavy atom. The van der Waals surface area contributed by atoms with E-state index in [1.54, 1.807) is 24.3 Å². The first-order valence-electron chi connectivity index (χ1n) is 11.3. The number of fused-ring (bicyclic) bond motifs is 1. The fourth-order valence-electron chi connectivity index (χ4n) is 4.00. The van der Waals surface area contributed by atoms with Crippen LogP contribution in [0.3, 0.4) is 0 Å². The number of hydrogen-bond donors (Lipinski definition) is 2. The number of sulfonamides is 1. The van der Waals surface area contributed by atoms with Gasteiger partial charge < -0.3 is 14.8 Å². The number of rotatable bonds is 9. The average Bonchev–Trinajstić information content (AvgIpc) is 2.84. The molecule has 34 heavy (non-hydrogen) atoms. The van der Waals surface area contributed by atoms with Crippen molar-refractivity contribution in [3.63, 3.8) is 0 Å². The van der Waals surface area contributed by atoms with Crippen LogP contribution in [0.2, 0.25) is 0 Å². The summed E-state index contributed by atoms with van der Waals surface area (Å²) >= 11 is 0. The maximum absolute atomic E-state index is 12.7. The molecular weight excluding hydrogens is 452 g/mol. The molecule has 1 amide bonds. The zero-order valence-corrected chi connectivity index (χ0v) is 19.8. The predicted molar refractivity (Wildman–Crippen MR) is 131 cm³/mol. The molecule has 3 aromatic rings. The standard InChI is InChI=1S/C26H28N2O5S/c1-2-32-21-12-10-20(11-13-21)28-34(30,31)23-16-14-22(15-17-23)33-18-26(29)27-25-9-5-7-19-6-3-4-8-24(19)25/h3-4,6,8,10-17,25,28H,2,5,7,9,18H2,1H3,(H,27,29)/t25-/m1/s1. The van der Waals surface area contributed by atoms with Gasteiger partial charge >= 0.3 is 0 Å². The lowest BCUT2D eigenvalue weighted by Gasteiger charge is -2.26. The predicted octanol–water partition coefficient (Wildman–Crippen LogP) is 4.46. The number of nitrogens with one attached hydrogen (secondary N) is 2. The van der Waals surface area contributed by atoms with Crippen molar-refractivity contribution in [3.05, 3.63) is 83.9 Å². The number of aryl methyl sites for hydroxylation is 1. The molecule has 0 saturated heterocycles. The second-order valence-corrected chi connectivity index (χ2v) is 9.72. The van der Waals surface area contributed by atoms with Crippen molar-refractivity contribution < 1.29 is 22.7 Å². The Hall–Kier alpha value is -3.52. The van der Waals surface area contributed by atoms with Crippen LogP contribution in [0.15, 0.2) is 77.7 Å². The van der Waals surface area contributed by atoms with Crippen molar-refractivity contribution in [2.45, 2.75) is 37.1 Å². The van der Waals surface area contributed by atoms with Gasteiger partial charge in [0, 0.05) is 5.69 Å². The third-order valence-corrected chi connectivity index (χ3v) is 7.02. The van der Waals surface area contributed by atoms with Crippen molar-refractivity contribution in [2.75, 3.05) is 17.9 Å². The molecule has 0 fully saturated rings. The van der Waals surface area contributed by atoms with E-state index in [0.29, 0.717) is 23.8 Å². The number of benzene rings is 3. The highest BCUT2D eigenvalue weighted by Gasteiger charge is 2.21. The van der Waals surface area contributed by atoms with E-state index >= 15 is 0 Å². The Balaban J connectivity index is 1.31. The molecule has 0 saturated carbocycles. The van der Waals surface area contributed by atoms with Crippen molar-refractivity contribution in [1.29, 1.82) is 0 Å². The Labute approximate surface area is 200 Å². The lowest BCUT2D eigenvalue weighted by Crippen LogP contribution is -2.34. The van der Waals surface area contributed by atoms with E-state index in [9.17, 15) is 13.2 Å². The summed E-state index contributed by atoms with van der Waals surface area (Å²) in [6, 6.07) is 20.8. The lowest BCUT2D eigenvalue weighted by molar-refractivity contribution is -0.124. The van der Waals surface area contributed by atoms with E-state index in [-0.39, 0.29) is 23.5 Å². The summed E-state index contributed by atoms with van der Waals surface area (Å²) in [7, 11) is -3.76. The van der Waals surface area contributed by atoms with Gasteiger partial charge in [-0.2, -0.15) is 0 Å². The van der Waals surface area contributed by atoms with Gasteiger partial charge in [-0.25, -0.2) is 8.42 Å². The topological polar surface area (TPSA) is 93.7 Å². The molecule has 7 nitrogen and oxygen atoms in total. The minimum Gasteiger partial charge on any atom is -0.494 e. The van der Waals surface area contributed by atoms with Crippen molar-refractivity contribution in [2.24, 2.45) is 0 Å². The molecule has 4 rings (SSSR count). The highest BCUT2D eigenvalue weighted by Crippen LogP contribution is 2.29. The maximum Gasteiger partial charge on any atom is 0.261 e. The highest BCUT2D eigenvalue weighted by atomic mass is 32.2. The largest absolute Gasteiger partial charge is 0.494 e. The van der Waals surface area contributed by atoms with E-state index in [0.717, 1.165) is 24.8 Å². The number of carbonyl (C=O) groups excluding carboxylic acids is 1. The van der Waals surface area contributed by atoms with Crippen LogP contribution in [0.4, 0.5) is 5.69 Å². The van der Waals surface area contributed by atoms with E-state index in [2.05, 4.69) is 22.2 Å². The Morgan fingerprint density at radius 2 is 1.62 bits per heavy atom. The van der Waals surface area contributed by atoms with Crippen LogP contribution in [-0.2, 0) is 21.2 Å². The van der Waals surface area contributed by atoms with E-state index < -0.39 is 10.0 Å². The van der Waals surface area contributed by atoms with Crippen LogP contribution in [0.1, 0.15) is 36.9 Å². The van der Waals surface area contributed by atoms with Gasteiger partial charge in [0.25, 0.3) is 15.9 Å². The first kappa shape index (κ1) is 23.6. The van der Waals surface area contributed by atoms with Crippen LogP contribution >= 0.6 is 0 Å². The molecule has 0 unspecified atom stereocenters. The van der Waals surface area contributed by atoms with Gasteiger partial charge in [0.2, 0.25) is 0 Å². The number of hydrogen-bond acceptors (Lipinski definition) is 5. The molecule has 2 N–H and O–H groups in total. The van der Waals surface area contributed by atoms with E-state index in [1.165, 1.54) is 29.8 Å². The first-order chi connectivity index (χ1) is 16.4. The molecule has 1 atom stereocenters. The number of amides is 1. The molecule has 1 aliphatic rings. The van der Waals surface area contributed by atoms with Gasteiger partial charge in [0.15, 0.2) is 6.61 Å². The summed E-state index contributed by atoms with van der Waals surface area (Å²) < 4.78 is 38.8. The zero-order valence-electron chi connectivity index (χ0n) is 19.0. The molecule has 0 spiro atoms. The van der Waals surface area contributed by atoms with Crippen LogP contribution in [-0.4, -0.2) is 27.5 Å². The summed E-state index contributed by atoms with van der Waals surface area (Å²) in [5.74, 6) is 0.874. The molecule has 0 aromatic heterocycles. The lowest BCUT2D eigenvalue weighted by atomic mass is 9.88. The zero-order chi connectivity index (χ0) is 24.0. The summed E-state index contributed by atoms with van der Waals surface area (Å²) in [4.78, 5) is 12.5. The highest BCUT2D eigenvalue weighted by molar-refractivity contribution is 7.92. The fraction of sp³-hybridized carbons (Fsp3) is 0.269. The SMILES string of the molecule is CCOc1ccc(NS(=O)(=O)c2ccc(OCC(=O)N[C@@H]3CCCc4ccccc43)cc2)cc1. The third kappa shape index (κ3) is 5.88. The summed E-state index contributed by atoms with van der Waals surface area (Å²) in [6.07, 6.45) is 2.96. The van der Waals surface area contributed by atoms with Crippen LogP contribution < -0.4 is 19.5 Å². The molecule has 0 heterocycles. The van der Waals surface area contributed by atoms with Gasteiger partial charge in [-0.05, 0) is 85.8 Å². The minimum atomic E-state index is -3.76. The van der Waals surface area contributed by atoms with Gasteiger partial charge in [0.05, 0.1) is 17.5 Å². The molecule has 0 radical (unpaired) electrons. The van der Waals surface area contributed by atoms with E-state index in [1.807, 2.05) is 19.1 Å². The second kappa shape index (κ2) is 10.6. The second-order valence-electron chi connectivity index (χ2n) is 8.03. The third-order valence-electron chi connectivity index (χ3n) is 5.63. The fourth-order valence-corrected chi connectivity index (χ4v) is 5.06. The van der Waals surface area contributed by atoms with Gasteiger partial charge in [0.1, 0.15) is 11.5 Å². The van der Waals surface area contributed by atoms with Gasteiger partial charge in [-0.1, -0.05) is 24.3 Å². The Kier molecular flexibility index (Phi) is 7.37. The Bertz CT molecular complexity index is 1220. The smallest absolute Gasteiger partial charge is 0.261 e. The molecule has 178 valence electrons. The summed E-state index contributed by atoms with van der Waals surface area (Å²) in [6.45, 7) is 2.27. The molecular formula is C26H28N2O5S. The number of carbonyl (C=O) groups is 1. The minimum absolute atomic E-state index is 0.0118. The molecule has 8 heteroatoms. The van der Waals surface area contributed by atoms with E-state index in [4.69, 9.17) is 9.47 Å². The van der Waals surface area contributed by atoms with Crippen LogP contribution in [0.25, 0.3) is 0 Å². The normalized spacial score (nSPS) is 15.1. The summed E-state index contributed by atoms with van der Waals surface area (Å²) in [5, 5.41) is 3.04. The van der Waals surface area contributed by atoms with Crippen LogP contribution in [0, 0.1) is 0 Å². The number of anilines is 1. The molecule has 3 aromatic carbocycles. The maximum atomic E-state index is 12.7. The van der Waals surface area contributed by atoms with Gasteiger partial charge in [-0.3, -0.25) is 9.52 Å². The molecule has 0 aliphatic heterocycles.